The molecule has 4 nitrogen and oxygen atoms in total. The number of ether oxygens (including phenoxy) is 1. The smallest absolute Gasteiger partial charge is 0.227 e. The minimum Gasteiger partial charge on any atom is -0.496 e. The number of rotatable bonds is 3. The summed E-state index contributed by atoms with van der Waals surface area (Å²) in [7, 11) is 1.61. The number of hydrogen-bond donors (Lipinski definition) is 0. The Morgan fingerprint density at radius 2 is 2.10 bits per heavy atom. The van der Waals surface area contributed by atoms with Crippen LogP contribution in [-0.2, 0) is 0 Å². The third-order valence-corrected chi connectivity index (χ3v) is 3.57. The summed E-state index contributed by atoms with van der Waals surface area (Å²) in [5.74, 6) is 1.25. The predicted octanol–water partition coefficient (Wildman–Crippen LogP) is 4.08. The molecule has 1 heterocycles. The first-order valence-electron chi connectivity index (χ1n) is 5.91. The van der Waals surface area contributed by atoms with Crippen molar-refractivity contribution in [3.05, 3.63) is 46.4 Å². The molecule has 0 aliphatic carbocycles. The van der Waals surface area contributed by atoms with Gasteiger partial charge in [-0.15, -0.1) is 0 Å². The van der Waals surface area contributed by atoms with Gasteiger partial charge in [0, 0.05) is 11.1 Å². The lowest BCUT2D eigenvalue weighted by Gasteiger charge is -2.03. The van der Waals surface area contributed by atoms with Crippen LogP contribution < -0.4 is 4.74 Å². The molecule has 0 spiro atoms. The van der Waals surface area contributed by atoms with E-state index >= 15 is 0 Å². The van der Waals surface area contributed by atoms with Crippen LogP contribution in [0.25, 0.3) is 22.6 Å². The first-order chi connectivity index (χ1) is 9.71. The van der Waals surface area contributed by atoms with E-state index in [1.807, 2.05) is 18.2 Å². The fraction of sp³-hybridized carbons (Fsp3) is 0.0667. The zero-order valence-corrected chi connectivity index (χ0v) is 12.2. The topological polar surface area (TPSA) is 52.3 Å². The quantitative estimate of drug-likeness (QED) is 0.678. The van der Waals surface area contributed by atoms with Crippen molar-refractivity contribution in [3.8, 4) is 17.2 Å². The number of fused-ring (bicyclic) bond motifs is 1. The van der Waals surface area contributed by atoms with Crippen molar-refractivity contribution >= 4 is 33.3 Å². The Balaban J connectivity index is 2.09. The van der Waals surface area contributed by atoms with Crippen molar-refractivity contribution in [2.45, 2.75) is 0 Å². The van der Waals surface area contributed by atoms with Gasteiger partial charge < -0.3 is 9.15 Å². The van der Waals surface area contributed by atoms with E-state index < -0.39 is 0 Å². The molecule has 100 valence electrons. The summed E-state index contributed by atoms with van der Waals surface area (Å²) in [5.41, 5.74) is 2.73. The highest BCUT2D eigenvalue weighted by Crippen LogP contribution is 2.31. The van der Waals surface area contributed by atoms with E-state index in [2.05, 4.69) is 20.9 Å². The molecule has 0 aliphatic rings. The highest BCUT2D eigenvalue weighted by Gasteiger charge is 2.10. The fourth-order valence-corrected chi connectivity index (χ4v) is 2.48. The summed E-state index contributed by atoms with van der Waals surface area (Å²) in [6.45, 7) is 0. The van der Waals surface area contributed by atoms with Crippen molar-refractivity contribution in [1.29, 1.82) is 0 Å². The Morgan fingerprint density at radius 3 is 2.80 bits per heavy atom. The molecule has 0 N–H and O–H groups in total. The minimum atomic E-state index is 0.506. The lowest BCUT2D eigenvalue weighted by Crippen LogP contribution is -1.85. The maximum atomic E-state index is 10.8. The second-order valence-electron chi connectivity index (χ2n) is 4.21. The minimum absolute atomic E-state index is 0.506. The SMILES string of the molecule is COc1ccc(-c2nc3cc(C=O)ccc3o2)cc1Br. The zero-order chi connectivity index (χ0) is 14.1. The molecule has 1 aromatic heterocycles. The van der Waals surface area contributed by atoms with Gasteiger partial charge in [0.05, 0.1) is 11.6 Å². The molecule has 20 heavy (non-hydrogen) atoms. The Labute approximate surface area is 123 Å². The van der Waals surface area contributed by atoms with Gasteiger partial charge in [-0.1, -0.05) is 0 Å². The molecule has 0 aliphatic heterocycles. The van der Waals surface area contributed by atoms with Gasteiger partial charge in [0.25, 0.3) is 0 Å². The van der Waals surface area contributed by atoms with Gasteiger partial charge in [-0.05, 0) is 52.3 Å². The molecule has 0 atom stereocenters. The van der Waals surface area contributed by atoms with Crippen LogP contribution in [0.1, 0.15) is 10.4 Å². The van der Waals surface area contributed by atoms with Crippen LogP contribution >= 0.6 is 15.9 Å². The first kappa shape index (κ1) is 12.9. The molecule has 0 saturated carbocycles. The summed E-state index contributed by atoms with van der Waals surface area (Å²) >= 11 is 3.43. The standard InChI is InChI=1S/C15H10BrNO3/c1-19-13-5-3-10(7-11(13)16)15-17-12-6-9(8-18)2-4-14(12)20-15/h2-8H,1H3. The highest BCUT2D eigenvalue weighted by atomic mass is 79.9. The van der Waals surface area contributed by atoms with Gasteiger partial charge in [-0.3, -0.25) is 4.79 Å². The number of methoxy groups -OCH3 is 1. The van der Waals surface area contributed by atoms with Crippen LogP contribution in [0.2, 0.25) is 0 Å². The monoisotopic (exact) mass is 331 g/mol. The van der Waals surface area contributed by atoms with Gasteiger partial charge in [0.1, 0.15) is 17.6 Å². The molecular formula is C15H10BrNO3. The number of nitrogens with zero attached hydrogens (tertiary/aromatic N) is 1. The summed E-state index contributed by atoms with van der Waals surface area (Å²) in [4.78, 5) is 15.2. The molecular weight excluding hydrogens is 322 g/mol. The van der Waals surface area contributed by atoms with Gasteiger partial charge in [-0.2, -0.15) is 0 Å². The van der Waals surface area contributed by atoms with E-state index in [-0.39, 0.29) is 0 Å². The number of carbonyl (C=O) groups is 1. The van der Waals surface area contributed by atoms with Gasteiger partial charge in [-0.25, -0.2) is 4.98 Å². The van der Waals surface area contributed by atoms with Gasteiger partial charge in [0.2, 0.25) is 5.89 Å². The van der Waals surface area contributed by atoms with E-state index in [1.54, 1.807) is 25.3 Å². The van der Waals surface area contributed by atoms with E-state index in [4.69, 9.17) is 9.15 Å². The largest absolute Gasteiger partial charge is 0.496 e. The summed E-state index contributed by atoms with van der Waals surface area (Å²) in [6, 6.07) is 10.7. The molecule has 5 heteroatoms. The van der Waals surface area contributed by atoms with Crippen molar-refractivity contribution in [2.24, 2.45) is 0 Å². The third-order valence-electron chi connectivity index (χ3n) is 2.95. The van der Waals surface area contributed by atoms with E-state index in [9.17, 15) is 4.79 Å². The van der Waals surface area contributed by atoms with Crippen molar-refractivity contribution in [3.63, 3.8) is 0 Å². The number of benzene rings is 2. The molecule has 0 saturated heterocycles. The number of carbonyl (C=O) groups excluding carboxylic acids is 1. The number of aldehydes is 1. The number of halogens is 1. The molecule has 3 rings (SSSR count). The van der Waals surface area contributed by atoms with E-state index in [1.165, 1.54) is 0 Å². The number of aromatic nitrogens is 1. The third kappa shape index (κ3) is 2.20. The van der Waals surface area contributed by atoms with Crippen molar-refractivity contribution in [1.82, 2.24) is 4.98 Å². The number of hydrogen-bond acceptors (Lipinski definition) is 4. The van der Waals surface area contributed by atoms with Crippen LogP contribution in [0, 0.1) is 0 Å². The molecule has 0 amide bonds. The van der Waals surface area contributed by atoms with Gasteiger partial charge in [0.15, 0.2) is 5.58 Å². The van der Waals surface area contributed by atoms with Crippen LogP contribution in [0.5, 0.6) is 5.75 Å². The molecule has 2 aromatic carbocycles. The molecule has 0 unspecified atom stereocenters. The fourth-order valence-electron chi connectivity index (χ4n) is 1.94. The van der Waals surface area contributed by atoms with Crippen molar-refractivity contribution in [2.75, 3.05) is 7.11 Å². The van der Waals surface area contributed by atoms with Crippen LogP contribution in [0.15, 0.2) is 45.3 Å². The summed E-state index contributed by atoms with van der Waals surface area (Å²) in [5, 5.41) is 0. The molecule has 0 bridgehead atoms. The van der Waals surface area contributed by atoms with Gasteiger partial charge >= 0.3 is 0 Å². The lowest BCUT2D eigenvalue weighted by molar-refractivity contribution is 0.112. The Hall–Kier alpha value is -2.14. The Bertz CT molecular complexity index is 795. The first-order valence-corrected chi connectivity index (χ1v) is 6.70. The average Bonchev–Trinajstić information content (AvgIpc) is 2.89. The van der Waals surface area contributed by atoms with Crippen LogP contribution in [0.4, 0.5) is 0 Å². The van der Waals surface area contributed by atoms with E-state index in [0.717, 1.165) is 22.1 Å². The lowest BCUT2D eigenvalue weighted by atomic mass is 10.2. The molecule has 0 fully saturated rings. The maximum Gasteiger partial charge on any atom is 0.227 e. The van der Waals surface area contributed by atoms with Crippen LogP contribution in [-0.4, -0.2) is 18.4 Å². The average molecular weight is 332 g/mol. The normalized spacial score (nSPS) is 10.7. The Morgan fingerprint density at radius 1 is 1.25 bits per heavy atom. The molecule has 3 aromatic rings. The molecule has 0 radical (unpaired) electrons. The zero-order valence-electron chi connectivity index (χ0n) is 10.6. The predicted molar refractivity (Wildman–Crippen MR) is 79.1 cm³/mol. The summed E-state index contributed by atoms with van der Waals surface area (Å²) < 4.78 is 11.7. The second kappa shape index (κ2) is 5.09. The van der Waals surface area contributed by atoms with Crippen molar-refractivity contribution < 1.29 is 13.9 Å². The second-order valence-corrected chi connectivity index (χ2v) is 5.07. The van der Waals surface area contributed by atoms with Crippen LogP contribution in [0.3, 0.4) is 0 Å². The Kier molecular flexibility index (Phi) is 3.28. The highest BCUT2D eigenvalue weighted by molar-refractivity contribution is 9.10. The van der Waals surface area contributed by atoms with E-state index in [0.29, 0.717) is 22.6 Å². The number of oxazole rings is 1. The summed E-state index contributed by atoms with van der Waals surface area (Å²) in [6.07, 6.45) is 0.789. The maximum absolute atomic E-state index is 10.8.